The number of sulfonamides is 2. The molecule has 1 aromatic carbocycles. The highest BCUT2D eigenvalue weighted by atomic mass is 32.2. The summed E-state index contributed by atoms with van der Waals surface area (Å²) in [6.45, 7) is 3.22. The van der Waals surface area contributed by atoms with Crippen molar-refractivity contribution in [3.05, 3.63) is 24.3 Å². The van der Waals surface area contributed by atoms with Crippen LogP contribution in [0.2, 0.25) is 0 Å². The minimum absolute atomic E-state index is 0.139. The van der Waals surface area contributed by atoms with Crippen molar-refractivity contribution in [3.63, 3.8) is 0 Å². The molecule has 0 atom stereocenters. The summed E-state index contributed by atoms with van der Waals surface area (Å²) >= 11 is 0. The van der Waals surface area contributed by atoms with Crippen LogP contribution in [0.1, 0.15) is 32.1 Å². The van der Waals surface area contributed by atoms with E-state index in [0.717, 1.165) is 18.8 Å². The van der Waals surface area contributed by atoms with Crippen LogP contribution < -0.4 is 14.9 Å². The molecule has 174 valence electrons. The standard InChI is InChI=1S/C20H32N4O5S2/c1-30(26,27)24-13-9-17(10-14-24)15-21-20(25)16-31(28,29)22-18-5-7-19(8-6-18)23-11-3-2-4-12-23/h5-8,17,22H,2-4,9-16H2,1H3,(H,21,25). The summed E-state index contributed by atoms with van der Waals surface area (Å²) in [6.07, 6.45) is 6.05. The Labute approximate surface area is 185 Å². The Morgan fingerprint density at radius 1 is 0.968 bits per heavy atom. The van der Waals surface area contributed by atoms with E-state index in [9.17, 15) is 21.6 Å². The Bertz CT molecular complexity index is 950. The number of piperidine rings is 2. The van der Waals surface area contributed by atoms with Crippen molar-refractivity contribution >= 4 is 37.3 Å². The lowest BCUT2D eigenvalue weighted by Gasteiger charge is -2.30. The molecule has 0 spiro atoms. The Morgan fingerprint density at radius 3 is 2.16 bits per heavy atom. The van der Waals surface area contributed by atoms with Crippen molar-refractivity contribution < 1.29 is 21.6 Å². The highest BCUT2D eigenvalue weighted by Crippen LogP contribution is 2.22. The van der Waals surface area contributed by atoms with Crippen LogP contribution in [0.25, 0.3) is 0 Å². The van der Waals surface area contributed by atoms with E-state index < -0.39 is 31.7 Å². The van der Waals surface area contributed by atoms with Crippen LogP contribution >= 0.6 is 0 Å². The summed E-state index contributed by atoms with van der Waals surface area (Å²) in [6, 6.07) is 7.22. The second kappa shape index (κ2) is 10.2. The molecule has 2 saturated heterocycles. The molecule has 2 heterocycles. The number of amides is 1. The van der Waals surface area contributed by atoms with Crippen molar-refractivity contribution in [1.29, 1.82) is 0 Å². The van der Waals surface area contributed by atoms with Crippen LogP contribution in [0.5, 0.6) is 0 Å². The topological polar surface area (TPSA) is 116 Å². The van der Waals surface area contributed by atoms with Crippen molar-refractivity contribution in [2.75, 3.05) is 54.4 Å². The van der Waals surface area contributed by atoms with Gasteiger partial charge >= 0.3 is 0 Å². The fourth-order valence-corrected chi connectivity index (χ4v) is 5.92. The maximum atomic E-state index is 12.3. The van der Waals surface area contributed by atoms with E-state index in [1.165, 1.54) is 29.8 Å². The normalized spacial score (nSPS) is 19.2. The Kier molecular flexibility index (Phi) is 7.82. The fourth-order valence-electron chi connectivity index (χ4n) is 4.03. The lowest BCUT2D eigenvalue weighted by molar-refractivity contribution is -0.118. The summed E-state index contributed by atoms with van der Waals surface area (Å²) in [5, 5.41) is 2.67. The number of nitrogens with one attached hydrogen (secondary N) is 2. The Morgan fingerprint density at radius 2 is 1.58 bits per heavy atom. The number of nitrogens with zero attached hydrogens (tertiary/aromatic N) is 2. The molecular weight excluding hydrogens is 440 g/mol. The molecule has 31 heavy (non-hydrogen) atoms. The average Bonchev–Trinajstić information content (AvgIpc) is 2.72. The minimum atomic E-state index is -3.82. The third kappa shape index (κ3) is 7.36. The molecule has 2 N–H and O–H groups in total. The number of anilines is 2. The maximum Gasteiger partial charge on any atom is 0.241 e. The number of hydrogen-bond acceptors (Lipinski definition) is 6. The molecule has 2 aliphatic heterocycles. The monoisotopic (exact) mass is 472 g/mol. The van der Waals surface area contributed by atoms with Gasteiger partial charge in [0.25, 0.3) is 0 Å². The SMILES string of the molecule is CS(=O)(=O)N1CCC(CNC(=O)CS(=O)(=O)Nc2ccc(N3CCCCC3)cc2)CC1. The smallest absolute Gasteiger partial charge is 0.241 e. The van der Waals surface area contributed by atoms with Gasteiger partial charge in [-0.2, -0.15) is 0 Å². The molecule has 0 bridgehead atoms. The first kappa shape index (κ1) is 23.8. The number of benzene rings is 1. The number of hydrogen-bond donors (Lipinski definition) is 2. The summed E-state index contributed by atoms with van der Waals surface area (Å²) in [5.74, 6) is -1.08. The summed E-state index contributed by atoms with van der Waals surface area (Å²) in [7, 11) is -7.00. The lowest BCUT2D eigenvalue weighted by Crippen LogP contribution is -2.42. The first-order valence-corrected chi connectivity index (χ1v) is 14.2. The predicted molar refractivity (Wildman–Crippen MR) is 122 cm³/mol. The minimum Gasteiger partial charge on any atom is -0.372 e. The van der Waals surface area contributed by atoms with Crippen LogP contribution in [0.15, 0.2) is 24.3 Å². The third-order valence-corrected chi connectivity index (χ3v) is 8.31. The lowest BCUT2D eigenvalue weighted by atomic mass is 9.98. The molecule has 0 aromatic heterocycles. The second-order valence-electron chi connectivity index (χ2n) is 8.37. The van der Waals surface area contributed by atoms with Crippen LogP contribution in [0.4, 0.5) is 11.4 Å². The largest absolute Gasteiger partial charge is 0.372 e. The fraction of sp³-hybridized carbons (Fsp3) is 0.650. The van der Waals surface area contributed by atoms with Crippen molar-refractivity contribution in [3.8, 4) is 0 Å². The second-order valence-corrected chi connectivity index (χ2v) is 12.1. The van der Waals surface area contributed by atoms with E-state index in [4.69, 9.17) is 0 Å². The van der Waals surface area contributed by atoms with E-state index in [0.29, 0.717) is 38.2 Å². The molecular formula is C20H32N4O5S2. The molecule has 1 amide bonds. The van der Waals surface area contributed by atoms with E-state index in [-0.39, 0.29) is 5.92 Å². The van der Waals surface area contributed by atoms with Crippen molar-refractivity contribution in [1.82, 2.24) is 9.62 Å². The molecule has 0 aliphatic carbocycles. The van der Waals surface area contributed by atoms with Gasteiger partial charge in [-0.1, -0.05) is 0 Å². The van der Waals surface area contributed by atoms with Gasteiger partial charge in [-0.3, -0.25) is 9.52 Å². The molecule has 2 aliphatic rings. The Hall–Kier alpha value is -1.85. The molecule has 0 unspecified atom stereocenters. The molecule has 3 rings (SSSR count). The molecule has 2 fully saturated rings. The van der Waals surface area contributed by atoms with Crippen LogP contribution in [-0.2, 0) is 24.8 Å². The van der Waals surface area contributed by atoms with Crippen molar-refractivity contribution in [2.24, 2.45) is 5.92 Å². The van der Waals surface area contributed by atoms with Gasteiger partial charge in [0.05, 0.1) is 6.26 Å². The van der Waals surface area contributed by atoms with Gasteiger partial charge in [-0.05, 0) is 62.3 Å². The Balaban J connectivity index is 1.43. The predicted octanol–water partition coefficient (Wildman–Crippen LogP) is 1.21. The van der Waals surface area contributed by atoms with E-state index in [2.05, 4.69) is 14.9 Å². The third-order valence-electron chi connectivity index (χ3n) is 5.81. The molecule has 9 nitrogen and oxygen atoms in total. The van der Waals surface area contributed by atoms with Gasteiger partial charge in [-0.25, -0.2) is 21.1 Å². The van der Waals surface area contributed by atoms with Gasteiger partial charge in [0, 0.05) is 44.1 Å². The maximum absolute atomic E-state index is 12.3. The van der Waals surface area contributed by atoms with Crippen LogP contribution in [0, 0.1) is 5.92 Å². The molecule has 1 aromatic rings. The van der Waals surface area contributed by atoms with Crippen molar-refractivity contribution in [2.45, 2.75) is 32.1 Å². The van der Waals surface area contributed by atoms with Gasteiger partial charge in [0.2, 0.25) is 26.0 Å². The van der Waals surface area contributed by atoms with Gasteiger partial charge in [-0.15, -0.1) is 0 Å². The van der Waals surface area contributed by atoms with Gasteiger partial charge in [0.15, 0.2) is 0 Å². The summed E-state index contributed by atoms with van der Waals surface area (Å²) in [4.78, 5) is 14.4. The van der Waals surface area contributed by atoms with E-state index in [1.54, 1.807) is 12.1 Å². The zero-order chi connectivity index (χ0) is 22.5. The van der Waals surface area contributed by atoms with Gasteiger partial charge < -0.3 is 10.2 Å². The van der Waals surface area contributed by atoms with E-state index >= 15 is 0 Å². The number of rotatable bonds is 8. The molecule has 0 radical (unpaired) electrons. The quantitative estimate of drug-likeness (QED) is 0.588. The number of carbonyl (C=O) groups is 1. The van der Waals surface area contributed by atoms with Crippen LogP contribution in [-0.4, -0.2) is 71.8 Å². The molecule has 0 saturated carbocycles. The van der Waals surface area contributed by atoms with Gasteiger partial charge in [0.1, 0.15) is 5.75 Å². The van der Waals surface area contributed by atoms with Crippen LogP contribution in [0.3, 0.4) is 0 Å². The zero-order valence-corrected chi connectivity index (χ0v) is 19.6. The average molecular weight is 473 g/mol. The first-order valence-electron chi connectivity index (χ1n) is 10.7. The van der Waals surface area contributed by atoms with E-state index in [1.807, 2.05) is 12.1 Å². The highest BCUT2D eigenvalue weighted by molar-refractivity contribution is 7.93. The number of carbonyl (C=O) groups excluding carboxylic acids is 1. The summed E-state index contributed by atoms with van der Waals surface area (Å²) in [5.41, 5.74) is 1.50. The zero-order valence-electron chi connectivity index (χ0n) is 17.9. The molecule has 11 heteroatoms. The highest BCUT2D eigenvalue weighted by Gasteiger charge is 2.25. The first-order chi connectivity index (χ1) is 14.6. The summed E-state index contributed by atoms with van der Waals surface area (Å²) < 4.78 is 51.7.